The fourth-order valence-electron chi connectivity index (χ4n) is 1.39. The van der Waals surface area contributed by atoms with Gasteiger partial charge in [0.25, 0.3) is 0 Å². The number of carboxylic acid groups (broad SMARTS) is 1. The number of anilines is 1. The van der Waals surface area contributed by atoms with Gasteiger partial charge in [0, 0.05) is 5.69 Å². The Labute approximate surface area is 93.8 Å². The van der Waals surface area contributed by atoms with Crippen LogP contribution in [0.15, 0.2) is 12.1 Å². The number of Topliss-reactive ketones (excluding diaryl/α,β-unsaturated/α-hetero) is 1. The van der Waals surface area contributed by atoms with E-state index in [4.69, 9.17) is 10.8 Å². The first kappa shape index (κ1) is 13.0. The smallest absolute Gasteiger partial charge is 0.416 e. The van der Waals surface area contributed by atoms with Crippen LogP contribution >= 0.6 is 0 Å². The Bertz CT molecular complexity index is 494. The molecule has 3 N–H and O–H groups in total. The Kier molecular flexibility index (Phi) is 3.12. The zero-order valence-corrected chi connectivity index (χ0v) is 8.63. The Morgan fingerprint density at radius 1 is 1.29 bits per heavy atom. The van der Waals surface area contributed by atoms with Crippen LogP contribution in [0.5, 0.6) is 0 Å². The number of alkyl halides is 3. The lowest BCUT2D eigenvalue weighted by atomic mass is 9.99. The first-order valence-corrected chi connectivity index (χ1v) is 4.39. The van der Waals surface area contributed by atoms with E-state index in [1.54, 1.807) is 0 Å². The van der Waals surface area contributed by atoms with Crippen molar-refractivity contribution in [3.63, 3.8) is 0 Å². The lowest BCUT2D eigenvalue weighted by Gasteiger charge is -2.12. The highest BCUT2D eigenvalue weighted by molar-refractivity contribution is 6.08. The molecular formula is C10H8F3NO3. The van der Waals surface area contributed by atoms with E-state index in [9.17, 15) is 22.8 Å². The first-order chi connectivity index (χ1) is 7.64. The van der Waals surface area contributed by atoms with Crippen LogP contribution in [0.3, 0.4) is 0 Å². The molecule has 0 unspecified atom stereocenters. The van der Waals surface area contributed by atoms with Crippen LogP contribution in [0.25, 0.3) is 0 Å². The third-order valence-corrected chi connectivity index (χ3v) is 2.08. The summed E-state index contributed by atoms with van der Waals surface area (Å²) < 4.78 is 37.2. The minimum absolute atomic E-state index is 0.398. The fraction of sp³-hybridized carbons (Fsp3) is 0.200. The van der Waals surface area contributed by atoms with Gasteiger partial charge < -0.3 is 10.8 Å². The van der Waals surface area contributed by atoms with Crippen molar-refractivity contribution in [1.82, 2.24) is 0 Å². The Balaban J connectivity index is 3.58. The SMILES string of the molecule is CC(=O)c1c(N)cc(C(F)(F)F)cc1C(=O)O. The van der Waals surface area contributed by atoms with Gasteiger partial charge in [-0.25, -0.2) is 4.79 Å². The molecule has 0 fully saturated rings. The second-order valence-electron chi connectivity index (χ2n) is 3.35. The number of ketones is 1. The summed E-state index contributed by atoms with van der Waals surface area (Å²) in [6.45, 7) is 1.03. The molecule has 0 saturated carbocycles. The molecule has 4 nitrogen and oxygen atoms in total. The van der Waals surface area contributed by atoms with Crippen molar-refractivity contribution in [3.05, 3.63) is 28.8 Å². The monoisotopic (exact) mass is 247 g/mol. The number of nitrogen functional groups attached to an aromatic ring is 1. The van der Waals surface area contributed by atoms with Crippen LogP contribution in [-0.2, 0) is 6.18 Å². The standard InChI is InChI=1S/C10H8F3NO3/c1-4(15)8-6(9(16)17)2-5(3-7(8)14)10(11,12)13/h2-3H,14H2,1H3,(H,16,17). The first-order valence-electron chi connectivity index (χ1n) is 4.39. The molecule has 0 radical (unpaired) electrons. The number of carbonyl (C=O) groups is 2. The van der Waals surface area contributed by atoms with Gasteiger partial charge in [0.05, 0.1) is 16.7 Å². The number of halogens is 3. The van der Waals surface area contributed by atoms with E-state index in [0.717, 1.165) is 6.92 Å². The molecule has 92 valence electrons. The highest BCUT2D eigenvalue weighted by Gasteiger charge is 2.33. The summed E-state index contributed by atoms with van der Waals surface area (Å²) in [5, 5.41) is 8.75. The molecule has 0 amide bonds. The quantitative estimate of drug-likeness (QED) is 0.620. The number of nitrogens with two attached hydrogens (primary N) is 1. The zero-order chi connectivity index (χ0) is 13.4. The number of carboxylic acids is 1. The predicted octanol–water partition coefficient (Wildman–Crippen LogP) is 2.19. The summed E-state index contributed by atoms with van der Waals surface area (Å²) in [5.41, 5.74) is 2.42. The molecule has 0 atom stereocenters. The van der Waals surface area contributed by atoms with Crippen LogP contribution < -0.4 is 5.73 Å². The third-order valence-electron chi connectivity index (χ3n) is 2.08. The largest absolute Gasteiger partial charge is 0.478 e. The van der Waals surface area contributed by atoms with Crippen LogP contribution in [-0.4, -0.2) is 16.9 Å². The van der Waals surface area contributed by atoms with Crippen molar-refractivity contribution in [2.45, 2.75) is 13.1 Å². The van der Waals surface area contributed by atoms with Crippen molar-refractivity contribution in [2.75, 3.05) is 5.73 Å². The van der Waals surface area contributed by atoms with Gasteiger partial charge in [0.1, 0.15) is 0 Å². The molecule has 0 aromatic heterocycles. The van der Waals surface area contributed by atoms with Crippen molar-refractivity contribution in [2.24, 2.45) is 0 Å². The maximum atomic E-state index is 12.4. The summed E-state index contributed by atoms with van der Waals surface area (Å²) in [7, 11) is 0. The summed E-state index contributed by atoms with van der Waals surface area (Å²) >= 11 is 0. The molecule has 0 saturated heterocycles. The summed E-state index contributed by atoms with van der Waals surface area (Å²) in [6.07, 6.45) is -4.71. The average molecular weight is 247 g/mol. The van der Waals surface area contributed by atoms with Gasteiger partial charge in [-0.15, -0.1) is 0 Å². The van der Waals surface area contributed by atoms with Crippen molar-refractivity contribution in [3.8, 4) is 0 Å². The van der Waals surface area contributed by atoms with Gasteiger partial charge >= 0.3 is 12.1 Å². The van der Waals surface area contributed by atoms with Crippen molar-refractivity contribution in [1.29, 1.82) is 0 Å². The zero-order valence-electron chi connectivity index (χ0n) is 8.63. The second-order valence-corrected chi connectivity index (χ2v) is 3.35. The molecule has 0 aliphatic carbocycles. The van der Waals surface area contributed by atoms with Gasteiger partial charge in [0.15, 0.2) is 5.78 Å². The number of hydrogen-bond donors (Lipinski definition) is 2. The van der Waals surface area contributed by atoms with E-state index < -0.39 is 40.3 Å². The molecular weight excluding hydrogens is 239 g/mol. The number of benzene rings is 1. The number of carbonyl (C=O) groups excluding carboxylic acids is 1. The Hall–Kier alpha value is -2.05. The molecule has 17 heavy (non-hydrogen) atoms. The Morgan fingerprint density at radius 3 is 2.18 bits per heavy atom. The van der Waals surface area contributed by atoms with E-state index in [1.807, 2.05) is 0 Å². The highest BCUT2D eigenvalue weighted by atomic mass is 19.4. The average Bonchev–Trinajstić information content (AvgIpc) is 2.13. The van der Waals surface area contributed by atoms with Gasteiger partial charge in [-0.1, -0.05) is 0 Å². The van der Waals surface area contributed by atoms with Crippen LogP contribution in [0.1, 0.15) is 33.2 Å². The molecule has 0 spiro atoms. The van der Waals surface area contributed by atoms with E-state index >= 15 is 0 Å². The van der Waals surface area contributed by atoms with Crippen LogP contribution in [0, 0.1) is 0 Å². The van der Waals surface area contributed by atoms with Crippen molar-refractivity contribution < 1.29 is 27.9 Å². The number of hydrogen-bond acceptors (Lipinski definition) is 3. The molecule has 1 rings (SSSR count). The van der Waals surface area contributed by atoms with Gasteiger partial charge in [-0.05, 0) is 19.1 Å². The molecule has 0 bridgehead atoms. The molecule has 0 aliphatic rings. The lowest BCUT2D eigenvalue weighted by molar-refractivity contribution is -0.137. The maximum Gasteiger partial charge on any atom is 0.416 e. The maximum absolute atomic E-state index is 12.4. The predicted molar refractivity (Wildman–Crippen MR) is 52.8 cm³/mol. The molecule has 0 aliphatic heterocycles. The fourth-order valence-corrected chi connectivity index (χ4v) is 1.39. The normalized spacial score (nSPS) is 11.3. The molecule has 1 aromatic carbocycles. The molecule has 0 heterocycles. The minimum atomic E-state index is -4.71. The van der Waals surface area contributed by atoms with Gasteiger partial charge in [-0.2, -0.15) is 13.2 Å². The van der Waals surface area contributed by atoms with E-state index in [2.05, 4.69) is 0 Å². The van der Waals surface area contributed by atoms with Crippen LogP contribution in [0.2, 0.25) is 0 Å². The summed E-state index contributed by atoms with van der Waals surface area (Å²) in [4.78, 5) is 21.9. The van der Waals surface area contributed by atoms with E-state index in [1.165, 1.54) is 0 Å². The summed E-state index contributed by atoms with van der Waals surface area (Å²) in [6, 6.07) is 0.943. The van der Waals surface area contributed by atoms with Crippen LogP contribution in [0.4, 0.5) is 18.9 Å². The Morgan fingerprint density at radius 2 is 1.82 bits per heavy atom. The van der Waals surface area contributed by atoms with Gasteiger partial charge in [-0.3, -0.25) is 4.79 Å². The minimum Gasteiger partial charge on any atom is -0.478 e. The highest BCUT2D eigenvalue weighted by Crippen LogP contribution is 2.33. The van der Waals surface area contributed by atoms with Crippen molar-refractivity contribution >= 4 is 17.4 Å². The number of aromatic carboxylic acids is 1. The summed E-state index contributed by atoms with van der Waals surface area (Å²) in [5.74, 6) is -2.33. The number of rotatable bonds is 2. The second kappa shape index (κ2) is 4.08. The molecule has 7 heteroatoms. The van der Waals surface area contributed by atoms with E-state index in [0.29, 0.717) is 12.1 Å². The third kappa shape index (κ3) is 2.55. The topological polar surface area (TPSA) is 80.4 Å². The van der Waals surface area contributed by atoms with E-state index in [-0.39, 0.29) is 0 Å². The lowest BCUT2D eigenvalue weighted by Crippen LogP contribution is -2.14. The molecule has 1 aromatic rings. The van der Waals surface area contributed by atoms with Gasteiger partial charge in [0.2, 0.25) is 0 Å².